The molecule has 0 aliphatic carbocycles. The van der Waals surface area contributed by atoms with Gasteiger partial charge in [0.05, 0.1) is 5.69 Å². The van der Waals surface area contributed by atoms with Crippen molar-refractivity contribution in [1.29, 1.82) is 0 Å². The van der Waals surface area contributed by atoms with Crippen LogP contribution in [0.25, 0.3) is 0 Å². The zero-order valence-electron chi connectivity index (χ0n) is 9.68. The maximum absolute atomic E-state index is 8.90. The van der Waals surface area contributed by atoms with Gasteiger partial charge in [-0.2, -0.15) is 0 Å². The van der Waals surface area contributed by atoms with E-state index in [2.05, 4.69) is 16.0 Å². The smallest absolute Gasteiger partial charge is 0.0543 e. The van der Waals surface area contributed by atoms with Crippen LogP contribution in [0.15, 0.2) is 24.4 Å². The molecule has 0 aromatic carbocycles. The zero-order valence-corrected chi connectivity index (χ0v) is 9.68. The van der Waals surface area contributed by atoms with E-state index in [1.54, 1.807) is 0 Å². The normalized spacial score (nSPS) is 18.8. The van der Waals surface area contributed by atoms with Crippen LogP contribution in [0.1, 0.15) is 25.0 Å². The van der Waals surface area contributed by atoms with Gasteiger partial charge in [0.1, 0.15) is 0 Å². The van der Waals surface area contributed by atoms with Gasteiger partial charge in [0.15, 0.2) is 0 Å². The number of pyridine rings is 1. The maximum atomic E-state index is 8.90. The van der Waals surface area contributed by atoms with Crippen LogP contribution >= 0.6 is 0 Å². The van der Waals surface area contributed by atoms with Crippen molar-refractivity contribution < 1.29 is 5.11 Å². The predicted octanol–water partition coefficient (Wildman–Crippen LogP) is 1.68. The highest BCUT2D eigenvalue weighted by Crippen LogP contribution is 2.20. The molecular weight excluding hydrogens is 200 g/mol. The SMILES string of the molecule is OCCC1CCN(Cc2ccccn2)CC1. The Balaban J connectivity index is 1.77. The first kappa shape index (κ1) is 11.6. The van der Waals surface area contributed by atoms with Crippen LogP contribution in [0.5, 0.6) is 0 Å². The summed E-state index contributed by atoms with van der Waals surface area (Å²) in [5.41, 5.74) is 1.16. The highest BCUT2D eigenvalue weighted by Gasteiger charge is 2.18. The molecule has 2 heterocycles. The summed E-state index contributed by atoms with van der Waals surface area (Å²) in [7, 11) is 0. The molecule has 3 heteroatoms. The number of hydrogen-bond acceptors (Lipinski definition) is 3. The van der Waals surface area contributed by atoms with Crippen LogP contribution in [0, 0.1) is 5.92 Å². The summed E-state index contributed by atoms with van der Waals surface area (Å²) in [5.74, 6) is 0.727. The predicted molar refractivity (Wildman–Crippen MR) is 63.9 cm³/mol. The van der Waals surface area contributed by atoms with Crippen LogP contribution in [0.2, 0.25) is 0 Å². The molecule has 0 spiro atoms. The van der Waals surface area contributed by atoms with Crippen molar-refractivity contribution in [1.82, 2.24) is 9.88 Å². The summed E-state index contributed by atoms with van der Waals surface area (Å²) >= 11 is 0. The van der Waals surface area contributed by atoms with Crippen molar-refractivity contribution in [3.63, 3.8) is 0 Å². The highest BCUT2D eigenvalue weighted by atomic mass is 16.3. The van der Waals surface area contributed by atoms with E-state index in [9.17, 15) is 0 Å². The van der Waals surface area contributed by atoms with Gasteiger partial charge in [-0.25, -0.2) is 0 Å². The number of aromatic nitrogens is 1. The van der Waals surface area contributed by atoms with E-state index in [1.807, 2.05) is 18.3 Å². The van der Waals surface area contributed by atoms with Gasteiger partial charge in [0.25, 0.3) is 0 Å². The second kappa shape index (κ2) is 5.97. The standard InChI is InChI=1S/C13H20N2O/c16-10-6-12-4-8-15(9-5-12)11-13-3-1-2-7-14-13/h1-3,7,12,16H,4-6,8-11H2. The van der Waals surface area contributed by atoms with Crippen molar-refractivity contribution in [2.75, 3.05) is 19.7 Å². The van der Waals surface area contributed by atoms with Crippen molar-refractivity contribution in [2.24, 2.45) is 5.92 Å². The minimum absolute atomic E-state index is 0.338. The van der Waals surface area contributed by atoms with Gasteiger partial charge in [-0.1, -0.05) is 6.07 Å². The first-order valence-corrected chi connectivity index (χ1v) is 6.11. The molecule has 0 amide bonds. The Morgan fingerprint density at radius 1 is 1.31 bits per heavy atom. The van der Waals surface area contributed by atoms with Gasteiger partial charge < -0.3 is 5.11 Å². The topological polar surface area (TPSA) is 36.4 Å². The molecule has 0 saturated carbocycles. The van der Waals surface area contributed by atoms with Crippen LogP contribution < -0.4 is 0 Å². The first-order chi connectivity index (χ1) is 7.88. The summed E-state index contributed by atoms with van der Waals surface area (Å²) < 4.78 is 0. The van der Waals surface area contributed by atoms with Crippen LogP contribution in [0.3, 0.4) is 0 Å². The van der Waals surface area contributed by atoms with Gasteiger partial charge in [-0.05, 0) is 50.4 Å². The third kappa shape index (κ3) is 3.29. The largest absolute Gasteiger partial charge is 0.396 e. The number of likely N-dealkylation sites (tertiary alicyclic amines) is 1. The Labute approximate surface area is 97.1 Å². The number of rotatable bonds is 4. The number of piperidine rings is 1. The Morgan fingerprint density at radius 3 is 2.75 bits per heavy atom. The van der Waals surface area contributed by atoms with Gasteiger partial charge in [-0.15, -0.1) is 0 Å². The van der Waals surface area contributed by atoms with Crippen LogP contribution in [-0.4, -0.2) is 34.7 Å². The fourth-order valence-electron chi connectivity index (χ4n) is 2.34. The van der Waals surface area contributed by atoms with Gasteiger partial charge in [-0.3, -0.25) is 9.88 Å². The quantitative estimate of drug-likeness (QED) is 0.838. The minimum Gasteiger partial charge on any atom is -0.396 e. The van der Waals surface area contributed by atoms with Gasteiger partial charge in [0.2, 0.25) is 0 Å². The van der Waals surface area contributed by atoms with E-state index in [-0.39, 0.29) is 0 Å². The maximum Gasteiger partial charge on any atom is 0.0543 e. The lowest BCUT2D eigenvalue weighted by Gasteiger charge is -2.31. The molecule has 1 aliphatic heterocycles. The van der Waals surface area contributed by atoms with E-state index in [0.29, 0.717) is 6.61 Å². The van der Waals surface area contributed by atoms with E-state index in [4.69, 9.17) is 5.11 Å². The van der Waals surface area contributed by atoms with Crippen molar-refractivity contribution in [2.45, 2.75) is 25.8 Å². The average molecular weight is 220 g/mol. The summed E-state index contributed by atoms with van der Waals surface area (Å²) in [6.45, 7) is 3.58. The molecule has 1 aromatic rings. The average Bonchev–Trinajstić information content (AvgIpc) is 2.33. The molecule has 3 nitrogen and oxygen atoms in total. The molecule has 0 bridgehead atoms. The third-order valence-electron chi connectivity index (χ3n) is 3.36. The van der Waals surface area contributed by atoms with Crippen molar-refractivity contribution in [3.8, 4) is 0 Å². The molecule has 1 aromatic heterocycles. The molecule has 88 valence electrons. The summed E-state index contributed by atoms with van der Waals surface area (Å²) in [6.07, 6.45) is 5.26. The molecule has 0 unspecified atom stereocenters. The van der Waals surface area contributed by atoms with E-state index in [1.165, 1.54) is 12.8 Å². The van der Waals surface area contributed by atoms with E-state index < -0.39 is 0 Å². The second-order valence-corrected chi connectivity index (χ2v) is 4.55. The molecule has 1 N–H and O–H groups in total. The molecule has 1 aliphatic rings. The Hall–Kier alpha value is -0.930. The summed E-state index contributed by atoms with van der Waals surface area (Å²) in [4.78, 5) is 6.80. The number of nitrogens with zero attached hydrogens (tertiary/aromatic N) is 2. The van der Waals surface area contributed by atoms with Crippen LogP contribution in [-0.2, 0) is 6.54 Å². The molecule has 16 heavy (non-hydrogen) atoms. The van der Waals surface area contributed by atoms with Gasteiger partial charge >= 0.3 is 0 Å². The minimum atomic E-state index is 0.338. The molecule has 1 saturated heterocycles. The fraction of sp³-hybridized carbons (Fsp3) is 0.615. The van der Waals surface area contributed by atoms with Crippen molar-refractivity contribution >= 4 is 0 Å². The monoisotopic (exact) mass is 220 g/mol. The number of hydrogen-bond donors (Lipinski definition) is 1. The lowest BCUT2D eigenvalue weighted by Crippen LogP contribution is -2.33. The summed E-state index contributed by atoms with van der Waals surface area (Å²) in [5, 5.41) is 8.90. The Bertz CT molecular complexity index is 294. The first-order valence-electron chi connectivity index (χ1n) is 6.11. The highest BCUT2D eigenvalue weighted by molar-refractivity contribution is 5.03. The van der Waals surface area contributed by atoms with E-state index >= 15 is 0 Å². The Kier molecular flexibility index (Phi) is 4.31. The molecule has 0 radical (unpaired) electrons. The molecular formula is C13H20N2O. The number of aliphatic hydroxyl groups is 1. The second-order valence-electron chi connectivity index (χ2n) is 4.55. The lowest BCUT2D eigenvalue weighted by molar-refractivity contribution is 0.152. The lowest BCUT2D eigenvalue weighted by atomic mass is 9.94. The molecule has 1 fully saturated rings. The molecule has 0 atom stereocenters. The Morgan fingerprint density at radius 2 is 2.12 bits per heavy atom. The third-order valence-corrected chi connectivity index (χ3v) is 3.36. The number of aliphatic hydroxyl groups excluding tert-OH is 1. The summed E-state index contributed by atoms with van der Waals surface area (Å²) in [6, 6.07) is 6.08. The van der Waals surface area contributed by atoms with Gasteiger partial charge in [0, 0.05) is 19.3 Å². The van der Waals surface area contributed by atoms with Crippen LogP contribution in [0.4, 0.5) is 0 Å². The molecule has 2 rings (SSSR count). The van der Waals surface area contributed by atoms with Crippen molar-refractivity contribution in [3.05, 3.63) is 30.1 Å². The zero-order chi connectivity index (χ0) is 11.2. The van der Waals surface area contributed by atoms with E-state index in [0.717, 1.165) is 37.7 Å². The fourth-order valence-corrected chi connectivity index (χ4v) is 2.34.